The van der Waals surface area contributed by atoms with Gasteiger partial charge in [0.2, 0.25) is 10.0 Å². The summed E-state index contributed by atoms with van der Waals surface area (Å²) in [4.78, 5) is 15.2. The van der Waals surface area contributed by atoms with Gasteiger partial charge in [0.1, 0.15) is 0 Å². The van der Waals surface area contributed by atoms with E-state index in [2.05, 4.69) is 10.2 Å². The van der Waals surface area contributed by atoms with Crippen molar-refractivity contribution in [2.75, 3.05) is 32.7 Å². The fourth-order valence-electron chi connectivity index (χ4n) is 4.41. The first-order valence-corrected chi connectivity index (χ1v) is 11.1. The molecule has 4 fully saturated rings. The molecule has 0 aromatic heterocycles. The SMILES string of the molecule is O=C(N[C@H]1CN2CCC1CC2)c1ccc(S(=O)(=O)N2CCCCC2)cc1. The van der Waals surface area contributed by atoms with Crippen LogP contribution in [0.15, 0.2) is 29.2 Å². The van der Waals surface area contributed by atoms with E-state index in [4.69, 9.17) is 0 Å². The van der Waals surface area contributed by atoms with Crippen LogP contribution in [0.1, 0.15) is 42.5 Å². The zero-order valence-electron chi connectivity index (χ0n) is 15.1. The predicted octanol–water partition coefficient (Wildman–Crippen LogP) is 1.69. The lowest BCUT2D eigenvalue weighted by molar-refractivity contribution is 0.0620. The summed E-state index contributed by atoms with van der Waals surface area (Å²) >= 11 is 0. The van der Waals surface area contributed by atoms with Crippen molar-refractivity contribution in [1.29, 1.82) is 0 Å². The molecule has 4 aliphatic rings. The van der Waals surface area contributed by atoms with Crippen LogP contribution in [-0.4, -0.2) is 62.3 Å². The molecule has 1 atom stereocenters. The Morgan fingerprint density at radius 2 is 1.62 bits per heavy atom. The van der Waals surface area contributed by atoms with Gasteiger partial charge < -0.3 is 10.2 Å². The van der Waals surface area contributed by atoms with Crippen molar-refractivity contribution in [3.8, 4) is 0 Å². The summed E-state index contributed by atoms with van der Waals surface area (Å²) in [5, 5.41) is 3.15. The molecular weight excluding hydrogens is 350 g/mol. The van der Waals surface area contributed by atoms with E-state index in [1.807, 2.05) is 0 Å². The van der Waals surface area contributed by atoms with E-state index in [1.54, 1.807) is 28.6 Å². The summed E-state index contributed by atoms with van der Waals surface area (Å²) in [6, 6.07) is 6.60. The van der Waals surface area contributed by atoms with Crippen molar-refractivity contribution in [1.82, 2.24) is 14.5 Å². The predicted molar refractivity (Wildman–Crippen MR) is 99.5 cm³/mol. The maximum absolute atomic E-state index is 12.7. The van der Waals surface area contributed by atoms with Crippen molar-refractivity contribution in [2.45, 2.75) is 43.0 Å². The largest absolute Gasteiger partial charge is 0.348 e. The van der Waals surface area contributed by atoms with E-state index in [9.17, 15) is 13.2 Å². The molecule has 6 nitrogen and oxygen atoms in total. The molecule has 142 valence electrons. The average molecular weight is 378 g/mol. The Morgan fingerprint density at radius 3 is 2.19 bits per heavy atom. The number of fused-ring (bicyclic) bond motifs is 3. The minimum Gasteiger partial charge on any atom is -0.348 e. The van der Waals surface area contributed by atoms with Gasteiger partial charge in [0, 0.05) is 31.2 Å². The van der Waals surface area contributed by atoms with Crippen LogP contribution in [0.2, 0.25) is 0 Å². The molecule has 4 aliphatic heterocycles. The van der Waals surface area contributed by atoms with Crippen LogP contribution in [-0.2, 0) is 10.0 Å². The topological polar surface area (TPSA) is 69.7 Å². The second kappa shape index (κ2) is 7.29. The zero-order chi connectivity index (χ0) is 18.1. The van der Waals surface area contributed by atoms with Gasteiger partial charge in [0.25, 0.3) is 5.91 Å². The van der Waals surface area contributed by atoms with E-state index in [0.29, 0.717) is 24.6 Å². The number of amides is 1. The molecule has 26 heavy (non-hydrogen) atoms. The first kappa shape index (κ1) is 17.9. The maximum atomic E-state index is 12.7. The molecule has 7 heteroatoms. The highest BCUT2D eigenvalue weighted by molar-refractivity contribution is 7.89. The number of nitrogens with zero attached hydrogens (tertiary/aromatic N) is 2. The first-order chi connectivity index (χ1) is 12.5. The Labute approximate surface area is 155 Å². The van der Waals surface area contributed by atoms with Gasteiger partial charge in [-0.15, -0.1) is 0 Å². The Balaban J connectivity index is 1.43. The number of carbonyl (C=O) groups excluding carboxylic acids is 1. The number of rotatable bonds is 4. The summed E-state index contributed by atoms with van der Waals surface area (Å²) in [5.74, 6) is 0.466. The molecule has 1 N–H and O–H groups in total. The summed E-state index contributed by atoms with van der Waals surface area (Å²) in [6.07, 6.45) is 5.22. The zero-order valence-corrected chi connectivity index (χ0v) is 15.9. The third-order valence-electron chi connectivity index (χ3n) is 6.04. The number of nitrogens with one attached hydrogen (secondary N) is 1. The van der Waals surface area contributed by atoms with E-state index in [0.717, 1.165) is 51.7 Å². The van der Waals surface area contributed by atoms with Gasteiger partial charge in [-0.05, 0) is 69.0 Å². The fourth-order valence-corrected chi connectivity index (χ4v) is 5.93. The highest BCUT2D eigenvalue weighted by atomic mass is 32.2. The van der Waals surface area contributed by atoms with Crippen LogP contribution in [0.5, 0.6) is 0 Å². The summed E-state index contributed by atoms with van der Waals surface area (Å²) in [5.41, 5.74) is 0.527. The van der Waals surface area contributed by atoms with Crippen LogP contribution < -0.4 is 5.32 Å². The number of sulfonamides is 1. The van der Waals surface area contributed by atoms with Gasteiger partial charge in [-0.3, -0.25) is 4.79 Å². The number of hydrogen-bond acceptors (Lipinski definition) is 4. The molecule has 0 unspecified atom stereocenters. The highest BCUT2D eigenvalue weighted by Crippen LogP contribution is 2.28. The third kappa shape index (κ3) is 3.52. The molecule has 0 spiro atoms. The molecule has 4 heterocycles. The van der Waals surface area contributed by atoms with Crippen molar-refractivity contribution in [2.24, 2.45) is 5.92 Å². The Morgan fingerprint density at radius 1 is 0.962 bits per heavy atom. The summed E-state index contributed by atoms with van der Waals surface area (Å²) in [7, 11) is -3.44. The maximum Gasteiger partial charge on any atom is 0.251 e. The second-order valence-corrected chi connectivity index (χ2v) is 9.65. The van der Waals surface area contributed by atoms with Gasteiger partial charge in [0.05, 0.1) is 4.90 Å². The quantitative estimate of drug-likeness (QED) is 0.867. The minimum atomic E-state index is -3.44. The average Bonchev–Trinajstić information content (AvgIpc) is 2.69. The molecule has 1 amide bonds. The molecular formula is C19H27N3O3S. The Bertz CT molecular complexity index is 749. The van der Waals surface area contributed by atoms with Crippen LogP contribution in [0.4, 0.5) is 0 Å². The summed E-state index contributed by atoms with van der Waals surface area (Å²) in [6.45, 7) is 4.38. The van der Waals surface area contributed by atoms with Gasteiger partial charge in [-0.25, -0.2) is 8.42 Å². The van der Waals surface area contributed by atoms with Gasteiger partial charge in [-0.2, -0.15) is 4.31 Å². The smallest absolute Gasteiger partial charge is 0.251 e. The number of carbonyl (C=O) groups is 1. The van der Waals surface area contributed by atoms with Crippen LogP contribution >= 0.6 is 0 Å². The Hall–Kier alpha value is -1.44. The number of benzene rings is 1. The standard InChI is InChI=1S/C19H27N3O3S/c23-19(20-18-14-21-12-8-15(18)9-13-21)16-4-6-17(7-5-16)26(24,25)22-10-2-1-3-11-22/h4-7,15,18H,1-3,8-14H2,(H,20,23)/t18-/m0/s1. The van der Waals surface area contributed by atoms with E-state index in [-0.39, 0.29) is 16.8 Å². The van der Waals surface area contributed by atoms with Crippen molar-refractivity contribution in [3.63, 3.8) is 0 Å². The molecule has 5 rings (SSSR count). The van der Waals surface area contributed by atoms with Crippen LogP contribution in [0, 0.1) is 5.92 Å². The van der Waals surface area contributed by atoms with Gasteiger partial charge in [0.15, 0.2) is 0 Å². The van der Waals surface area contributed by atoms with Crippen LogP contribution in [0.3, 0.4) is 0 Å². The molecule has 1 aromatic carbocycles. The molecule has 4 saturated heterocycles. The lowest BCUT2D eigenvalue weighted by Crippen LogP contribution is -2.57. The number of hydrogen-bond donors (Lipinski definition) is 1. The fraction of sp³-hybridized carbons (Fsp3) is 0.632. The molecule has 0 saturated carbocycles. The lowest BCUT2D eigenvalue weighted by Gasteiger charge is -2.44. The molecule has 1 aromatic rings. The van der Waals surface area contributed by atoms with Gasteiger partial charge in [-0.1, -0.05) is 6.42 Å². The Kier molecular flexibility index (Phi) is 5.03. The first-order valence-electron chi connectivity index (χ1n) is 9.67. The highest BCUT2D eigenvalue weighted by Gasteiger charge is 2.35. The molecule has 0 aliphatic carbocycles. The second-order valence-electron chi connectivity index (χ2n) is 7.71. The van der Waals surface area contributed by atoms with Crippen molar-refractivity contribution in [3.05, 3.63) is 29.8 Å². The van der Waals surface area contributed by atoms with E-state index < -0.39 is 10.0 Å². The normalized spacial score (nSPS) is 29.5. The van der Waals surface area contributed by atoms with Crippen LogP contribution in [0.25, 0.3) is 0 Å². The third-order valence-corrected chi connectivity index (χ3v) is 7.95. The monoisotopic (exact) mass is 377 g/mol. The lowest BCUT2D eigenvalue weighted by atomic mass is 9.84. The van der Waals surface area contributed by atoms with Gasteiger partial charge >= 0.3 is 0 Å². The molecule has 2 bridgehead atoms. The van der Waals surface area contributed by atoms with Crippen molar-refractivity contribution >= 4 is 15.9 Å². The molecule has 0 radical (unpaired) electrons. The minimum absolute atomic E-state index is 0.106. The number of piperidine rings is 4. The van der Waals surface area contributed by atoms with E-state index >= 15 is 0 Å². The summed E-state index contributed by atoms with van der Waals surface area (Å²) < 4.78 is 26.9. The van der Waals surface area contributed by atoms with E-state index in [1.165, 1.54) is 0 Å². The van der Waals surface area contributed by atoms with Crippen molar-refractivity contribution < 1.29 is 13.2 Å².